The number of hydrogen-bond donors (Lipinski definition) is 1. The van der Waals surface area contributed by atoms with Gasteiger partial charge in [-0.2, -0.15) is 0 Å². The fraction of sp³-hybridized carbons (Fsp3) is 0.231. The Labute approximate surface area is 102 Å². The molecule has 0 aromatic carbocycles. The molecule has 0 aliphatic carbocycles. The summed E-state index contributed by atoms with van der Waals surface area (Å²) in [5.41, 5.74) is 10.1. The van der Waals surface area contributed by atoms with Gasteiger partial charge < -0.3 is 5.73 Å². The van der Waals surface area contributed by atoms with Crippen LogP contribution in [0.4, 0.5) is 5.82 Å². The Morgan fingerprint density at radius 1 is 1.18 bits per heavy atom. The van der Waals surface area contributed by atoms with E-state index in [1.54, 1.807) is 18.6 Å². The van der Waals surface area contributed by atoms with Crippen molar-refractivity contribution in [3.8, 4) is 11.5 Å². The monoisotopic (exact) mass is 241 g/mol. The van der Waals surface area contributed by atoms with E-state index >= 15 is 0 Å². The average molecular weight is 241 g/mol. The van der Waals surface area contributed by atoms with Crippen molar-refractivity contribution in [2.45, 2.75) is 19.6 Å². The quantitative estimate of drug-likeness (QED) is 0.569. The Balaban J connectivity index is 2.63. The van der Waals surface area contributed by atoms with E-state index in [1.165, 1.54) is 0 Å². The van der Waals surface area contributed by atoms with Gasteiger partial charge in [0.25, 0.3) is 0 Å². The third kappa shape index (κ3) is 2.63. The number of rotatable bonds is 0. The van der Waals surface area contributed by atoms with Crippen LogP contribution in [0.3, 0.4) is 0 Å². The molecule has 0 saturated heterocycles. The Bertz CT molecular complexity index is 618. The summed E-state index contributed by atoms with van der Waals surface area (Å²) in [6.07, 6.45) is 5.23. The molecule has 3 nitrogen and oxygen atoms in total. The molecule has 0 aliphatic heterocycles. The molecule has 0 bridgehead atoms. The maximum atomic E-state index is 5.82. The zero-order chi connectivity index (χ0) is 12.5. The van der Waals surface area contributed by atoms with E-state index in [0.29, 0.717) is 5.82 Å². The number of nitrogen functional groups attached to an aromatic ring is 1. The normalized spacial score (nSPS) is 11.0. The van der Waals surface area contributed by atoms with Crippen molar-refractivity contribution < 1.29 is 0 Å². The third-order valence-corrected chi connectivity index (χ3v) is 3.17. The van der Waals surface area contributed by atoms with E-state index in [1.807, 2.05) is 6.07 Å². The van der Waals surface area contributed by atoms with Crippen molar-refractivity contribution in [2.24, 2.45) is 0 Å². The van der Waals surface area contributed by atoms with Gasteiger partial charge in [-0.1, -0.05) is 25.6 Å². The molecule has 0 radical (unpaired) electrons. The second-order valence-corrected chi connectivity index (χ2v) is 9.73. The van der Waals surface area contributed by atoms with Gasteiger partial charge in [-0.25, -0.2) is 4.98 Å². The highest BCUT2D eigenvalue weighted by Crippen LogP contribution is 2.20. The maximum Gasteiger partial charge on any atom is 0.132 e. The average Bonchev–Trinajstić information content (AvgIpc) is 2.27. The van der Waals surface area contributed by atoms with E-state index < -0.39 is 8.07 Å². The highest BCUT2D eigenvalue weighted by Gasteiger charge is 2.08. The van der Waals surface area contributed by atoms with E-state index in [4.69, 9.17) is 5.73 Å². The SMILES string of the molecule is C[Si](C)(C)C#Cc1cnc(N)c2cnccc12. The molecule has 2 heterocycles. The van der Waals surface area contributed by atoms with Crippen LogP contribution in [0.5, 0.6) is 0 Å². The molecular weight excluding hydrogens is 226 g/mol. The minimum atomic E-state index is -1.38. The minimum absolute atomic E-state index is 0.506. The third-order valence-electron chi connectivity index (χ3n) is 2.29. The zero-order valence-electron chi connectivity index (χ0n) is 10.3. The lowest BCUT2D eigenvalue weighted by Gasteiger charge is -2.05. The standard InChI is InChI=1S/C13H15N3Si/c1-17(2,3)7-5-10-8-16-13(14)12-9-15-6-4-11(10)12/h4,6,8-9H,1-3H3,(H2,14,16). The van der Waals surface area contributed by atoms with Crippen molar-refractivity contribution in [3.05, 3.63) is 30.2 Å². The van der Waals surface area contributed by atoms with Crippen molar-refractivity contribution in [2.75, 3.05) is 5.73 Å². The maximum absolute atomic E-state index is 5.82. The summed E-state index contributed by atoms with van der Waals surface area (Å²) < 4.78 is 0. The highest BCUT2D eigenvalue weighted by molar-refractivity contribution is 6.83. The van der Waals surface area contributed by atoms with Crippen molar-refractivity contribution in [1.82, 2.24) is 9.97 Å². The van der Waals surface area contributed by atoms with E-state index in [-0.39, 0.29) is 0 Å². The molecule has 2 N–H and O–H groups in total. The summed E-state index contributed by atoms with van der Waals surface area (Å²) in [5.74, 6) is 3.73. The molecule has 0 saturated carbocycles. The lowest BCUT2D eigenvalue weighted by atomic mass is 10.1. The molecule has 0 fully saturated rings. The number of fused-ring (bicyclic) bond motifs is 1. The second kappa shape index (κ2) is 4.19. The molecule has 0 atom stereocenters. The summed E-state index contributed by atoms with van der Waals surface area (Å²) in [6.45, 7) is 6.65. The molecular formula is C13H15N3Si. The summed E-state index contributed by atoms with van der Waals surface area (Å²) in [7, 11) is -1.38. The van der Waals surface area contributed by atoms with E-state index in [2.05, 4.69) is 41.1 Å². The van der Waals surface area contributed by atoms with Crippen LogP contribution in [0.2, 0.25) is 19.6 Å². The number of nitrogens with zero attached hydrogens (tertiary/aromatic N) is 2. The van der Waals surface area contributed by atoms with Gasteiger partial charge in [-0.05, 0) is 6.07 Å². The number of anilines is 1. The number of aromatic nitrogens is 2. The predicted octanol–water partition coefficient (Wildman–Crippen LogP) is 2.44. The molecule has 86 valence electrons. The van der Waals surface area contributed by atoms with Gasteiger partial charge >= 0.3 is 0 Å². The Morgan fingerprint density at radius 3 is 2.65 bits per heavy atom. The van der Waals surface area contributed by atoms with Crippen LogP contribution in [0.1, 0.15) is 5.56 Å². The van der Waals surface area contributed by atoms with Crippen molar-refractivity contribution in [3.63, 3.8) is 0 Å². The lowest BCUT2D eigenvalue weighted by Crippen LogP contribution is -2.16. The van der Waals surface area contributed by atoms with Gasteiger partial charge in [-0.15, -0.1) is 5.54 Å². The largest absolute Gasteiger partial charge is 0.383 e. The van der Waals surface area contributed by atoms with Gasteiger partial charge in [0.1, 0.15) is 13.9 Å². The first-order chi connectivity index (χ1) is 7.97. The van der Waals surface area contributed by atoms with Crippen LogP contribution < -0.4 is 5.73 Å². The number of nitrogens with two attached hydrogens (primary N) is 1. The van der Waals surface area contributed by atoms with Crippen LogP contribution >= 0.6 is 0 Å². The first-order valence-corrected chi connectivity index (χ1v) is 8.99. The van der Waals surface area contributed by atoms with Crippen molar-refractivity contribution in [1.29, 1.82) is 0 Å². The smallest absolute Gasteiger partial charge is 0.132 e. The fourth-order valence-corrected chi connectivity index (χ4v) is 1.97. The summed E-state index contributed by atoms with van der Waals surface area (Å²) in [5, 5.41) is 1.90. The molecule has 0 amide bonds. The van der Waals surface area contributed by atoms with Gasteiger partial charge in [0.2, 0.25) is 0 Å². The van der Waals surface area contributed by atoms with Crippen LogP contribution in [-0.2, 0) is 0 Å². The molecule has 0 spiro atoms. The minimum Gasteiger partial charge on any atom is -0.383 e. The molecule has 17 heavy (non-hydrogen) atoms. The lowest BCUT2D eigenvalue weighted by molar-refractivity contribution is 1.31. The van der Waals surface area contributed by atoms with Crippen LogP contribution in [-0.4, -0.2) is 18.0 Å². The molecule has 0 aliphatic rings. The van der Waals surface area contributed by atoms with Gasteiger partial charge in [0, 0.05) is 29.4 Å². The summed E-state index contributed by atoms with van der Waals surface area (Å²) in [6, 6.07) is 1.93. The number of pyridine rings is 2. The molecule has 0 unspecified atom stereocenters. The van der Waals surface area contributed by atoms with Gasteiger partial charge in [-0.3, -0.25) is 4.98 Å². The molecule has 4 heteroatoms. The predicted molar refractivity (Wildman–Crippen MR) is 74.2 cm³/mol. The highest BCUT2D eigenvalue weighted by atomic mass is 28.3. The zero-order valence-corrected chi connectivity index (χ0v) is 11.3. The summed E-state index contributed by atoms with van der Waals surface area (Å²) in [4.78, 5) is 8.22. The first kappa shape index (κ1) is 11.6. The van der Waals surface area contributed by atoms with E-state index in [9.17, 15) is 0 Å². The van der Waals surface area contributed by atoms with Crippen LogP contribution in [0.15, 0.2) is 24.7 Å². The fourth-order valence-electron chi connectivity index (χ4n) is 1.46. The van der Waals surface area contributed by atoms with Gasteiger partial charge in [0.15, 0.2) is 0 Å². The number of hydrogen-bond acceptors (Lipinski definition) is 3. The summed E-state index contributed by atoms with van der Waals surface area (Å²) >= 11 is 0. The first-order valence-electron chi connectivity index (χ1n) is 5.49. The Kier molecular flexibility index (Phi) is 2.86. The van der Waals surface area contributed by atoms with Gasteiger partial charge in [0.05, 0.1) is 5.56 Å². The Hall–Kier alpha value is -1.86. The van der Waals surface area contributed by atoms with Crippen LogP contribution in [0, 0.1) is 11.5 Å². The topological polar surface area (TPSA) is 51.8 Å². The Morgan fingerprint density at radius 2 is 1.94 bits per heavy atom. The molecule has 2 aromatic heterocycles. The second-order valence-electron chi connectivity index (χ2n) is 4.98. The molecule has 2 aromatic rings. The molecule has 2 rings (SSSR count). The van der Waals surface area contributed by atoms with Crippen LogP contribution in [0.25, 0.3) is 10.8 Å². The van der Waals surface area contributed by atoms with Crippen molar-refractivity contribution >= 4 is 24.7 Å². The van der Waals surface area contributed by atoms with E-state index in [0.717, 1.165) is 16.3 Å².